The number of nitrogens with zero attached hydrogens (tertiary/aromatic N) is 2. The molecule has 0 aliphatic heterocycles. The minimum atomic E-state index is -0.00874. The molecule has 1 unspecified atom stereocenters. The van der Waals surface area contributed by atoms with Gasteiger partial charge >= 0.3 is 0 Å². The van der Waals surface area contributed by atoms with Crippen LogP contribution in [0.3, 0.4) is 0 Å². The van der Waals surface area contributed by atoms with Crippen LogP contribution in [0.25, 0.3) is 0 Å². The van der Waals surface area contributed by atoms with E-state index in [2.05, 4.69) is 30.9 Å². The molecule has 0 saturated carbocycles. The molecule has 0 spiro atoms. The van der Waals surface area contributed by atoms with E-state index in [0.717, 1.165) is 31.6 Å². The van der Waals surface area contributed by atoms with Crippen molar-refractivity contribution in [2.24, 2.45) is 5.73 Å². The Labute approximate surface area is 116 Å². The Morgan fingerprint density at radius 1 is 1.16 bits per heavy atom. The number of nitrogens with one attached hydrogen (secondary N) is 1. The Morgan fingerprint density at radius 3 is 2.32 bits per heavy atom. The molecule has 1 atom stereocenters. The molecule has 1 rings (SSSR count). The molecule has 0 heterocycles. The molecule has 0 aliphatic rings. The molecule has 4 heteroatoms. The van der Waals surface area contributed by atoms with Gasteiger partial charge in [0.15, 0.2) is 0 Å². The summed E-state index contributed by atoms with van der Waals surface area (Å²) in [6.07, 6.45) is 1.13. The van der Waals surface area contributed by atoms with Crippen LogP contribution in [0.4, 0.5) is 0 Å². The predicted molar refractivity (Wildman–Crippen MR) is 81.8 cm³/mol. The third-order valence-electron chi connectivity index (χ3n) is 3.22. The lowest BCUT2D eigenvalue weighted by atomic mass is 9.97. The maximum Gasteiger partial charge on any atom is 0.0995 e. The number of hydrogen-bond donors (Lipinski definition) is 2. The Bertz CT molecular complexity index is 375. The number of amidine groups is 1. The van der Waals surface area contributed by atoms with Crippen LogP contribution in [-0.4, -0.2) is 56.4 Å². The second-order valence-electron chi connectivity index (χ2n) is 5.34. The largest absolute Gasteiger partial charge is 0.387 e. The topological polar surface area (TPSA) is 56.4 Å². The van der Waals surface area contributed by atoms with Gasteiger partial charge < -0.3 is 15.5 Å². The second kappa shape index (κ2) is 7.92. The van der Waals surface area contributed by atoms with Crippen LogP contribution in [0.5, 0.6) is 0 Å². The summed E-state index contributed by atoms with van der Waals surface area (Å²) in [5.74, 6) is 0.233. The standard InChI is InChI=1S/C15H26N4/c1-18(2)10-7-11-19(3)12-14(15(16)17)13-8-5-4-6-9-13/h4-6,8-9,14H,7,10-12H2,1-3H3,(H3,16,17). The first-order valence-electron chi connectivity index (χ1n) is 6.73. The molecular formula is C15H26N4. The summed E-state index contributed by atoms with van der Waals surface area (Å²) in [4.78, 5) is 4.44. The Balaban J connectivity index is 2.53. The zero-order valence-corrected chi connectivity index (χ0v) is 12.3. The molecule has 0 aromatic heterocycles. The minimum Gasteiger partial charge on any atom is -0.387 e. The molecule has 0 saturated heterocycles. The van der Waals surface area contributed by atoms with Crippen molar-refractivity contribution in [3.05, 3.63) is 35.9 Å². The van der Waals surface area contributed by atoms with E-state index >= 15 is 0 Å². The molecule has 0 fully saturated rings. The fourth-order valence-corrected chi connectivity index (χ4v) is 2.13. The van der Waals surface area contributed by atoms with E-state index in [4.69, 9.17) is 11.1 Å². The highest BCUT2D eigenvalue weighted by Gasteiger charge is 2.16. The average molecular weight is 262 g/mol. The first kappa shape index (κ1) is 15.7. The summed E-state index contributed by atoms with van der Waals surface area (Å²) in [5, 5.41) is 7.77. The quantitative estimate of drug-likeness (QED) is 0.552. The summed E-state index contributed by atoms with van der Waals surface area (Å²) in [7, 11) is 6.26. The normalized spacial score (nSPS) is 12.9. The highest BCUT2D eigenvalue weighted by Crippen LogP contribution is 2.16. The van der Waals surface area contributed by atoms with Crippen molar-refractivity contribution in [2.75, 3.05) is 40.8 Å². The summed E-state index contributed by atoms with van der Waals surface area (Å²) < 4.78 is 0. The lowest BCUT2D eigenvalue weighted by Crippen LogP contribution is -2.33. The van der Waals surface area contributed by atoms with Gasteiger partial charge in [0.2, 0.25) is 0 Å². The summed E-state index contributed by atoms with van der Waals surface area (Å²) in [6.45, 7) is 2.90. The third kappa shape index (κ3) is 5.85. The summed E-state index contributed by atoms with van der Waals surface area (Å²) >= 11 is 0. The van der Waals surface area contributed by atoms with Crippen molar-refractivity contribution in [1.29, 1.82) is 5.41 Å². The van der Waals surface area contributed by atoms with Crippen LogP contribution < -0.4 is 5.73 Å². The van der Waals surface area contributed by atoms with Crippen LogP contribution in [0.2, 0.25) is 0 Å². The predicted octanol–water partition coefficient (Wildman–Crippen LogP) is 1.59. The molecule has 0 bridgehead atoms. The molecule has 0 radical (unpaired) electrons. The second-order valence-corrected chi connectivity index (χ2v) is 5.34. The monoisotopic (exact) mass is 262 g/mol. The van der Waals surface area contributed by atoms with Gasteiger partial charge in [-0.2, -0.15) is 0 Å². The Hall–Kier alpha value is -1.39. The van der Waals surface area contributed by atoms with Gasteiger partial charge in [-0.3, -0.25) is 5.41 Å². The molecule has 1 aromatic rings. The molecule has 3 N–H and O–H groups in total. The molecule has 0 aliphatic carbocycles. The van der Waals surface area contributed by atoms with Crippen molar-refractivity contribution in [2.45, 2.75) is 12.3 Å². The van der Waals surface area contributed by atoms with Gasteiger partial charge in [-0.15, -0.1) is 0 Å². The average Bonchev–Trinajstić information content (AvgIpc) is 2.36. The van der Waals surface area contributed by atoms with Crippen molar-refractivity contribution in [3.8, 4) is 0 Å². The van der Waals surface area contributed by atoms with E-state index in [-0.39, 0.29) is 11.8 Å². The first-order valence-corrected chi connectivity index (χ1v) is 6.73. The molecular weight excluding hydrogens is 236 g/mol. The number of rotatable bonds is 8. The van der Waals surface area contributed by atoms with Gasteiger partial charge in [0, 0.05) is 6.54 Å². The SMILES string of the molecule is CN(C)CCCN(C)CC(C(=N)N)c1ccccc1. The molecule has 4 nitrogen and oxygen atoms in total. The van der Waals surface area contributed by atoms with Crippen molar-refractivity contribution in [1.82, 2.24) is 9.80 Å². The number of benzene rings is 1. The van der Waals surface area contributed by atoms with Crippen LogP contribution in [0.1, 0.15) is 17.9 Å². The smallest absolute Gasteiger partial charge is 0.0995 e. The number of likely N-dealkylation sites (N-methyl/N-ethyl adjacent to an activating group) is 1. The Kier molecular flexibility index (Phi) is 6.53. The highest BCUT2D eigenvalue weighted by molar-refractivity contribution is 5.84. The number of hydrogen-bond acceptors (Lipinski definition) is 3. The lowest BCUT2D eigenvalue weighted by Gasteiger charge is -2.24. The van der Waals surface area contributed by atoms with Gasteiger partial charge in [0.1, 0.15) is 0 Å². The van der Waals surface area contributed by atoms with E-state index in [1.54, 1.807) is 0 Å². The summed E-state index contributed by atoms with van der Waals surface area (Å²) in [6, 6.07) is 10.1. The maximum absolute atomic E-state index is 7.77. The Morgan fingerprint density at radius 2 is 1.79 bits per heavy atom. The van der Waals surface area contributed by atoms with Crippen LogP contribution in [-0.2, 0) is 0 Å². The van der Waals surface area contributed by atoms with E-state index in [1.165, 1.54) is 0 Å². The molecule has 1 aromatic carbocycles. The van der Waals surface area contributed by atoms with E-state index in [9.17, 15) is 0 Å². The number of nitrogens with two attached hydrogens (primary N) is 1. The lowest BCUT2D eigenvalue weighted by molar-refractivity contribution is 0.298. The minimum absolute atomic E-state index is 0.00874. The van der Waals surface area contributed by atoms with Crippen LogP contribution >= 0.6 is 0 Å². The van der Waals surface area contributed by atoms with Crippen molar-refractivity contribution in [3.63, 3.8) is 0 Å². The van der Waals surface area contributed by atoms with Crippen molar-refractivity contribution >= 4 is 5.84 Å². The van der Waals surface area contributed by atoms with Crippen LogP contribution in [0.15, 0.2) is 30.3 Å². The van der Waals surface area contributed by atoms with Gasteiger partial charge in [0.25, 0.3) is 0 Å². The van der Waals surface area contributed by atoms with Gasteiger partial charge in [-0.05, 0) is 46.2 Å². The van der Waals surface area contributed by atoms with Gasteiger partial charge in [-0.25, -0.2) is 0 Å². The fourth-order valence-electron chi connectivity index (χ4n) is 2.13. The van der Waals surface area contributed by atoms with Crippen molar-refractivity contribution < 1.29 is 0 Å². The zero-order valence-electron chi connectivity index (χ0n) is 12.3. The molecule has 106 valence electrons. The fraction of sp³-hybridized carbons (Fsp3) is 0.533. The maximum atomic E-state index is 7.77. The molecule has 19 heavy (non-hydrogen) atoms. The van der Waals surface area contributed by atoms with Gasteiger partial charge in [0.05, 0.1) is 11.8 Å². The first-order chi connectivity index (χ1) is 9.00. The molecule has 0 amide bonds. The van der Waals surface area contributed by atoms with E-state index < -0.39 is 0 Å². The van der Waals surface area contributed by atoms with E-state index in [0.29, 0.717) is 0 Å². The van der Waals surface area contributed by atoms with E-state index in [1.807, 2.05) is 30.3 Å². The third-order valence-corrected chi connectivity index (χ3v) is 3.22. The summed E-state index contributed by atoms with van der Waals surface area (Å²) in [5.41, 5.74) is 6.86. The zero-order chi connectivity index (χ0) is 14.3. The highest BCUT2D eigenvalue weighted by atomic mass is 15.1. The van der Waals surface area contributed by atoms with Crippen LogP contribution in [0, 0.1) is 5.41 Å². The van der Waals surface area contributed by atoms with Gasteiger partial charge in [-0.1, -0.05) is 30.3 Å².